The highest BCUT2D eigenvalue weighted by atomic mass is 16.5. The lowest BCUT2D eigenvalue weighted by molar-refractivity contribution is -0.146. The zero-order chi connectivity index (χ0) is 21.7. The van der Waals surface area contributed by atoms with Crippen LogP contribution in [0, 0.1) is 11.8 Å². The van der Waals surface area contributed by atoms with Crippen molar-refractivity contribution in [2.75, 3.05) is 27.2 Å². The fraction of sp³-hybridized carbons (Fsp3) is 0.962. The minimum Gasteiger partial charge on any atom is -0.465 e. The van der Waals surface area contributed by atoms with E-state index in [1.165, 1.54) is 83.5 Å². The first kappa shape index (κ1) is 28.4. The van der Waals surface area contributed by atoms with E-state index in [0.29, 0.717) is 24.9 Å². The summed E-state index contributed by atoms with van der Waals surface area (Å²) in [5.74, 6) is 1.04. The molecule has 3 heteroatoms. The van der Waals surface area contributed by atoms with Gasteiger partial charge in [0, 0.05) is 6.42 Å². The maximum absolute atomic E-state index is 12.4. The quantitative estimate of drug-likeness (QED) is 0.144. The molecule has 0 N–H and O–H groups in total. The molecule has 0 bridgehead atoms. The number of hydrogen-bond donors (Lipinski definition) is 0. The molecule has 0 aromatic carbocycles. The first-order chi connectivity index (χ1) is 14.0. The third-order valence-electron chi connectivity index (χ3n) is 6.18. The van der Waals surface area contributed by atoms with Gasteiger partial charge in [-0.2, -0.15) is 0 Å². The highest BCUT2D eigenvalue weighted by molar-refractivity contribution is 5.69. The van der Waals surface area contributed by atoms with Gasteiger partial charge in [0.25, 0.3) is 0 Å². The molecule has 0 rings (SSSR count). The molecular weight excluding hydrogens is 358 g/mol. The summed E-state index contributed by atoms with van der Waals surface area (Å²) < 4.78 is 5.74. The lowest BCUT2D eigenvalue weighted by atomic mass is 9.95. The Bertz CT molecular complexity index is 357. The van der Waals surface area contributed by atoms with E-state index in [0.717, 1.165) is 19.4 Å². The Kier molecular flexibility index (Phi) is 20.3. The maximum atomic E-state index is 12.4. The van der Waals surface area contributed by atoms with Crippen molar-refractivity contribution >= 4 is 5.97 Å². The van der Waals surface area contributed by atoms with E-state index in [1.807, 2.05) is 0 Å². The minimum absolute atomic E-state index is 0.0204. The summed E-state index contributed by atoms with van der Waals surface area (Å²) in [6, 6.07) is 0. The van der Waals surface area contributed by atoms with E-state index in [9.17, 15) is 4.79 Å². The van der Waals surface area contributed by atoms with Gasteiger partial charge in [-0.15, -0.1) is 0 Å². The molecule has 29 heavy (non-hydrogen) atoms. The van der Waals surface area contributed by atoms with Gasteiger partial charge in [0.05, 0.1) is 6.61 Å². The molecule has 0 aliphatic heterocycles. The lowest BCUT2D eigenvalue weighted by Gasteiger charge is -2.19. The average Bonchev–Trinajstić information content (AvgIpc) is 2.70. The van der Waals surface area contributed by atoms with Gasteiger partial charge < -0.3 is 9.64 Å². The van der Waals surface area contributed by atoms with E-state index >= 15 is 0 Å². The second kappa shape index (κ2) is 20.7. The smallest absolute Gasteiger partial charge is 0.306 e. The molecule has 0 aromatic rings. The number of rotatable bonds is 21. The van der Waals surface area contributed by atoms with Crippen molar-refractivity contribution < 1.29 is 9.53 Å². The number of carbonyl (C=O) groups is 1. The molecule has 0 saturated carbocycles. The zero-order valence-corrected chi connectivity index (χ0v) is 20.6. The van der Waals surface area contributed by atoms with E-state index in [2.05, 4.69) is 39.8 Å². The second-order valence-electron chi connectivity index (χ2n) is 9.38. The van der Waals surface area contributed by atoms with Crippen LogP contribution in [0.15, 0.2) is 0 Å². The SMILES string of the molecule is CCCCCCCCCCC(CCCCC)COC(=O)CC(CC)CCN(C)C. The van der Waals surface area contributed by atoms with Gasteiger partial charge in [-0.05, 0) is 51.7 Å². The molecule has 0 aliphatic rings. The van der Waals surface area contributed by atoms with Crippen molar-refractivity contribution in [1.29, 1.82) is 0 Å². The third-order valence-corrected chi connectivity index (χ3v) is 6.18. The molecule has 0 amide bonds. The molecule has 0 aliphatic carbocycles. The normalized spacial score (nSPS) is 13.6. The van der Waals surface area contributed by atoms with Crippen LogP contribution in [0.25, 0.3) is 0 Å². The van der Waals surface area contributed by atoms with Gasteiger partial charge in [-0.3, -0.25) is 4.79 Å². The standard InChI is InChI=1S/C26H53NO2/c1-6-9-11-12-13-14-15-17-19-25(18-16-10-7-2)23-29-26(28)22-24(8-3)20-21-27(4)5/h24-25H,6-23H2,1-5H3. The Labute approximate surface area is 183 Å². The Morgan fingerprint density at radius 3 is 1.79 bits per heavy atom. The summed E-state index contributed by atoms with van der Waals surface area (Å²) in [7, 11) is 4.19. The summed E-state index contributed by atoms with van der Waals surface area (Å²) in [5, 5.41) is 0. The third kappa shape index (κ3) is 19.2. The van der Waals surface area contributed by atoms with Gasteiger partial charge in [-0.25, -0.2) is 0 Å². The molecule has 0 saturated heterocycles. The van der Waals surface area contributed by atoms with E-state index in [-0.39, 0.29) is 5.97 Å². The Morgan fingerprint density at radius 1 is 0.724 bits per heavy atom. The van der Waals surface area contributed by atoms with Crippen molar-refractivity contribution in [2.24, 2.45) is 11.8 Å². The van der Waals surface area contributed by atoms with Crippen molar-refractivity contribution in [3.8, 4) is 0 Å². The molecule has 0 spiro atoms. The van der Waals surface area contributed by atoms with Crippen LogP contribution in [-0.4, -0.2) is 38.1 Å². The Morgan fingerprint density at radius 2 is 1.24 bits per heavy atom. The van der Waals surface area contributed by atoms with Crippen LogP contribution < -0.4 is 0 Å². The molecule has 0 fully saturated rings. The van der Waals surface area contributed by atoms with Crippen LogP contribution in [0.4, 0.5) is 0 Å². The summed E-state index contributed by atoms with van der Waals surface area (Å²) in [5.41, 5.74) is 0. The molecule has 3 nitrogen and oxygen atoms in total. The van der Waals surface area contributed by atoms with Crippen molar-refractivity contribution in [1.82, 2.24) is 4.90 Å². The molecule has 0 radical (unpaired) electrons. The number of esters is 1. The summed E-state index contributed by atoms with van der Waals surface area (Å²) in [4.78, 5) is 14.6. The summed E-state index contributed by atoms with van der Waals surface area (Å²) in [6.45, 7) is 8.40. The summed E-state index contributed by atoms with van der Waals surface area (Å²) in [6.07, 6.45) is 19.9. The van der Waals surface area contributed by atoms with Gasteiger partial charge >= 0.3 is 5.97 Å². The summed E-state index contributed by atoms with van der Waals surface area (Å²) >= 11 is 0. The highest BCUT2D eigenvalue weighted by Crippen LogP contribution is 2.20. The van der Waals surface area contributed by atoms with Crippen molar-refractivity contribution in [2.45, 2.75) is 124 Å². The van der Waals surface area contributed by atoms with Crippen molar-refractivity contribution in [3.63, 3.8) is 0 Å². The lowest BCUT2D eigenvalue weighted by Crippen LogP contribution is -2.20. The van der Waals surface area contributed by atoms with E-state index < -0.39 is 0 Å². The van der Waals surface area contributed by atoms with Crippen LogP contribution in [-0.2, 0) is 9.53 Å². The van der Waals surface area contributed by atoms with Crippen LogP contribution in [0.5, 0.6) is 0 Å². The minimum atomic E-state index is 0.0204. The molecular formula is C26H53NO2. The molecule has 0 aromatic heterocycles. The predicted octanol–water partition coefficient (Wildman–Crippen LogP) is 7.62. The topological polar surface area (TPSA) is 29.5 Å². The van der Waals surface area contributed by atoms with E-state index in [1.54, 1.807) is 0 Å². The average molecular weight is 412 g/mol. The molecule has 174 valence electrons. The van der Waals surface area contributed by atoms with Crippen molar-refractivity contribution in [3.05, 3.63) is 0 Å². The number of hydrogen-bond acceptors (Lipinski definition) is 3. The fourth-order valence-electron chi connectivity index (χ4n) is 3.96. The first-order valence-corrected chi connectivity index (χ1v) is 12.8. The van der Waals surface area contributed by atoms with Gasteiger partial charge in [0.15, 0.2) is 0 Å². The molecule has 0 heterocycles. The Hall–Kier alpha value is -0.570. The van der Waals surface area contributed by atoms with Crippen LogP contribution in [0.1, 0.15) is 124 Å². The predicted molar refractivity (Wildman–Crippen MR) is 127 cm³/mol. The van der Waals surface area contributed by atoms with E-state index in [4.69, 9.17) is 4.74 Å². The number of unbranched alkanes of at least 4 members (excludes halogenated alkanes) is 9. The number of carbonyl (C=O) groups excluding carboxylic acids is 1. The highest BCUT2D eigenvalue weighted by Gasteiger charge is 2.16. The monoisotopic (exact) mass is 411 g/mol. The van der Waals surface area contributed by atoms with Gasteiger partial charge in [-0.1, -0.05) is 97.8 Å². The Balaban J connectivity index is 4.11. The van der Waals surface area contributed by atoms with Gasteiger partial charge in [0.2, 0.25) is 0 Å². The maximum Gasteiger partial charge on any atom is 0.306 e. The first-order valence-electron chi connectivity index (χ1n) is 12.8. The largest absolute Gasteiger partial charge is 0.465 e. The second-order valence-corrected chi connectivity index (χ2v) is 9.38. The molecule has 2 unspecified atom stereocenters. The van der Waals surface area contributed by atoms with Crippen LogP contribution >= 0.6 is 0 Å². The zero-order valence-electron chi connectivity index (χ0n) is 20.6. The number of nitrogens with zero attached hydrogens (tertiary/aromatic N) is 1. The molecule has 2 atom stereocenters. The van der Waals surface area contributed by atoms with Crippen LogP contribution in [0.2, 0.25) is 0 Å². The van der Waals surface area contributed by atoms with Gasteiger partial charge in [0.1, 0.15) is 0 Å². The number of ether oxygens (including phenoxy) is 1. The van der Waals surface area contributed by atoms with Crippen LogP contribution in [0.3, 0.4) is 0 Å². The fourth-order valence-corrected chi connectivity index (χ4v) is 3.96.